The maximum atomic E-state index is 6.47. The third-order valence-electron chi connectivity index (χ3n) is 5.06. The van der Waals surface area contributed by atoms with Crippen LogP contribution in [0.2, 0.25) is 10.0 Å². The molecule has 166 valence electrons. The van der Waals surface area contributed by atoms with Crippen LogP contribution in [0.4, 0.5) is 0 Å². The Bertz CT molecular complexity index is 1220. The maximum absolute atomic E-state index is 6.47. The topological polar surface area (TPSA) is 74.2 Å². The minimum atomic E-state index is -0.223. The fraction of sp³-hybridized carbons (Fsp3) is 0.261. The molecule has 0 N–H and O–H groups in total. The number of halogens is 3. The fourth-order valence-corrected chi connectivity index (χ4v) is 4.08. The van der Waals surface area contributed by atoms with E-state index in [-0.39, 0.29) is 5.92 Å². The van der Waals surface area contributed by atoms with Crippen molar-refractivity contribution in [3.05, 3.63) is 70.0 Å². The van der Waals surface area contributed by atoms with Gasteiger partial charge in [-0.05, 0) is 42.7 Å². The summed E-state index contributed by atoms with van der Waals surface area (Å²) in [7, 11) is 1.59. The molecule has 0 aliphatic carbocycles. The van der Waals surface area contributed by atoms with Crippen molar-refractivity contribution in [1.82, 2.24) is 15.2 Å². The van der Waals surface area contributed by atoms with Gasteiger partial charge in [-0.1, -0.05) is 35.3 Å². The summed E-state index contributed by atoms with van der Waals surface area (Å²) in [4.78, 5) is 4.15. The van der Waals surface area contributed by atoms with Crippen LogP contribution in [0.15, 0.2) is 51.4 Å². The summed E-state index contributed by atoms with van der Waals surface area (Å²) in [6.45, 7) is 1.79. The average molecular weight is 493 g/mol. The summed E-state index contributed by atoms with van der Waals surface area (Å²) in [5, 5.41) is 9.51. The highest BCUT2D eigenvalue weighted by atomic mass is 35.5. The zero-order valence-electron chi connectivity index (χ0n) is 17.4. The number of aryl methyl sites for hydroxylation is 1. The van der Waals surface area contributed by atoms with Gasteiger partial charge in [-0.15, -0.1) is 21.8 Å². The number of hydrogen-bond donors (Lipinski definition) is 0. The Morgan fingerprint density at radius 3 is 2.66 bits per heavy atom. The molecular formula is C23H20Cl3N3O3. The van der Waals surface area contributed by atoms with Gasteiger partial charge >= 0.3 is 0 Å². The molecule has 0 aliphatic rings. The molecule has 0 amide bonds. The monoisotopic (exact) mass is 491 g/mol. The lowest BCUT2D eigenvalue weighted by molar-refractivity contribution is 0.414. The number of oxazole rings is 1. The van der Waals surface area contributed by atoms with Gasteiger partial charge in [0, 0.05) is 18.4 Å². The van der Waals surface area contributed by atoms with Gasteiger partial charge in [0.2, 0.25) is 11.8 Å². The summed E-state index contributed by atoms with van der Waals surface area (Å²) in [6, 6.07) is 11.1. The van der Waals surface area contributed by atoms with Gasteiger partial charge in [-0.25, -0.2) is 4.98 Å². The first-order valence-electron chi connectivity index (χ1n) is 9.96. The van der Waals surface area contributed by atoms with E-state index in [1.807, 2.05) is 30.3 Å². The fourth-order valence-electron chi connectivity index (χ4n) is 3.49. The van der Waals surface area contributed by atoms with Crippen LogP contribution in [0.3, 0.4) is 0 Å². The molecule has 1 atom stereocenters. The number of ether oxygens (including phenoxy) is 1. The number of rotatable bonds is 8. The molecule has 0 saturated carbocycles. The molecule has 0 radical (unpaired) electrons. The average Bonchev–Trinajstić information content (AvgIpc) is 3.46. The molecule has 4 aromatic rings. The summed E-state index contributed by atoms with van der Waals surface area (Å²) < 4.78 is 17.2. The van der Waals surface area contributed by atoms with Gasteiger partial charge in [0.1, 0.15) is 5.75 Å². The third kappa shape index (κ3) is 4.63. The highest BCUT2D eigenvalue weighted by Crippen LogP contribution is 2.39. The number of aromatic nitrogens is 3. The molecule has 6 nitrogen and oxygen atoms in total. The Balaban J connectivity index is 1.69. The van der Waals surface area contributed by atoms with Crippen molar-refractivity contribution in [2.75, 3.05) is 13.0 Å². The van der Waals surface area contributed by atoms with Crippen LogP contribution in [0.1, 0.15) is 36.1 Å². The zero-order valence-corrected chi connectivity index (χ0v) is 19.7. The molecule has 2 heterocycles. The molecule has 0 fully saturated rings. The van der Waals surface area contributed by atoms with E-state index in [1.165, 1.54) is 0 Å². The number of nitrogens with zero attached hydrogens (tertiary/aromatic N) is 3. The summed E-state index contributed by atoms with van der Waals surface area (Å²) in [6.07, 6.45) is 3.11. The lowest BCUT2D eigenvalue weighted by Gasteiger charge is -2.15. The Morgan fingerprint density at radius 2 is 1.94 bits per heavy atom. The molecular weight excluding hydrogens is 473 g/mol. The molecule has 0 aliphatic heterocycles. The first kappa shape index (κ1) is 22.6. The predicted molar refractivity (Wildman–Crippen MR) is 125 cm³/mol. The van der Waals surface area contributed by atoms with Gasteiger partial charge in [-0.3, -0.25) is 0 Å². The van der Waals surface area contributed by atoms with Crippen LogP contribution in [0.5, 0.6) is 5.75 Å². The van der Waals surface area contributed by atoms with Crippen LogP contribution in [-0.2, 0) is 0 Å². The van der Waals surface area contributed by atoms with Gasteiger partial charge in [0.15, 0.2) is 11.7 Å². The predicted octanol–water partition coefficient (Wildman–Crippen LogP) is 7.17. The van der Waals surface area contributed by atoms with Crippen molar-refractivity contribution in [3.63, 3.8) is 0 Å². The van der Waals surface area contributed by atoms with Crippen LogP contribution in [0.25, 0.3) is 22.8 Å². The van der Waals surface area contributed by atoms with E-state index in [2.05, 4.69) is 15.2 Å². The Labute approximate surface area is 200 Å². The Hall–Kier alpha value is -2.54. The lowest BCUT2D eigenvalue weighted by atomic mass is 9.94. The number of methoxy groups -OCH3 is 1. The van der Waals surface area contributed by atoms with Gasteiger partial charge in [-0.2, -0.15) is 0 Å². The van der Waals surface area contributed by atoms with E-state index in [9.17, 15) is 0 Å². The molecule has 9 heteroatoms. The van der Waals surface area contributed by atoms with E-state index in [1.54, 1.807) is 26.3 Å². The Kier molecular flexibility index (Phi) is 7.04. The van der Waals surface area contributed by atoms with Crippen LogP contribution in [0, 0.1) is 6.92 Å². The van der Waals surface area contributed by atoms with Gasteiger partial charge < -0.3 is 13.6 Å². The molecule has 0 bridgehead atoms. The molecule has 4 rings (SSSR count). The first-order chi connectivity index (χ1) is 15.5. The molecule has 2 aromatic carbocycles. The second kappa shape index (κ2) is 9.94. The smallest absolute Gasteiger partial charge is 0.247 e. The highest BCUT2D eigenvalue weighted by Gasteiger charge is 2.24. The Morgan fingerprint density at radius 1 is 1.09 bits per heavy atom. The standard InChI is InChI=1S/C23H20Cl3N3O3/c1-13-27-12-20(31-13)17-9-8-14(11-19(17)30-2)22-28-29-23(32-22)16(6-4-10-24)15-5-3-7-18(25)21(15)26/h3,5,7-9,11-12,16H,4,6,10H2,1-2H3. The molecule has 2 aromatic heterocycles. The molecule has 32 heavy (non-hydrogen) atoms. The lowest BCUT2D eigenvalue weighted by Crippen LogP contribution is -2.03. The molecule has 1 unspecified atom stereocenters. The minimum absolute atomic E-state index is 0.223. The van der Waals surface area contributed by atoms with Gasteiger partial charge in [0.05, 0.1) is 34.8 Å². The second-order valence-corrected chi connectivity index (χ2v) is 8.29. The maximum Gasteiger partial charge on any atom is 0.247 e. The molecule has 0 spiro atoms. The molecule has 0 saturated heterocycles. The van der Waals surface area contributed by atoms with Gasteiger partial charge in [0.25, 0.3) is 0 Å². The zero-order chi connectivity index (χ0) is 22.7. The minimum Gasteiger partial charge on any atom is -0.496 e. The van der Waals surface area contributed by atoms with Crippen molar-refractivity contribution in [2.45, 2.75) is 25.7 Å². The SMILES string of the molecule is COc1cc(-c2nnc(C(CCCCl)c3cccc(Cl)c3Cl)o2)ccc1-c1cnc(C)o1. The van der Waals surface area contributed by atoms with E-state index in [0.717, 1.165) is 17.5 Å². The number of benzene rings is 2. The second-order valence-electron chi connectivity index (χ2n) is 7.13. The first-order valence-corrected chi connectivity index (χ1v) is 11.2. The third-order valence-corrected chi connectivity index (χ3v) is 6.16. The van der Waals surface area contributed by atoms with Crippen LogP contribution < -0.4 is 4.74 Å². The summed E-state index contributed by atoms with van der Waals surface area (Å²) in [5.41, 5.74) is 2.32. The van der Waals surface area contributed by atoms with Crippen molar-refractivity contribution in [3.8, 4) is 28.5 Å². The van der Waals surface area contributed by atoms with Crippen molar-refractivity contribution in [2.24, 2.45) is 0 Å². The van der Waals surface area contributed by atoms with Crippen LogP contribution in [-0.4, -0.2) is 28.2 Å². The highest BCUT2D eigenvalue weighted by molar-refractivity contribution is 6.42. The largest absolute Gasteiger partial charge is 0.496 e. The number of hydrogen-bond acceptors (Lipinski definition) is 6. The van der Waals surface area contributed by atoms with E-state index < -0.39 is 0 Å². The van der Waals surface area contributed by atoms with Crippen LogP contribution >= 0.6 is 34.8 Å². The van der Waals surface area contributed by atoms with Crippen molar-refractivity contribution < 1.29 is 13.6 Å². The normalized spacial score (nSPS) is 12.2. The van der Waals surface area contributed by atoms with E-state index in [4.69, 9.17) is 48.4 Å². The number of alkyl halides is 1. The summed E-state index contributed by atoms with van der Waals surface area (Å²) in [5.74, 6) is 2.91. The van der Waals surface area contributed by atoms with E-state index in [0.29, 0.717) is 57.1 Å². The van der Waals surface area contributed by atoms with E-state index >= 15 is 0 Å². The van der Waals surface area contributed by atoms with Crippen molar-refractivity contribution >= 4 is 34.8 Å². The van der Waals surface area contributed by atoms with Crippen molar-refractivity contribution in [1.29, 1.82) is 0 Å². The summed E-state index contributed by atoms with van der Waals surface area (Å²) >= 11 is 18.6. The quantitative estimate of drug-likeness (QED) is 0.243.